The first-order chi connectivity index (χ1) is 21.0. The Morgan fingerprint density at radius 3 is 1.45 bits per heavy atom. The molecule has 3 amide bonds. The summed E-state index contributed by atoms with van der Waals surface area (Å²) in [5.41, 5.74) is -0.0629. The Bertz CT molecular complexity index is 1080. The molecule has 4 aliphatic heterocycles. The molecule has 4 rings (SSSR count). The van der Waals surface area contributed by atoms with Crippen LogP contribution in [0.4, 0.5) is 0 Å². The Kier molecular flexibility index (Phi) is 14.6. The van der Waals surface area contributed by atoms with Crippen LogP contribution in [0, 0.1) is 11.3 Å². The highest BCUT2D eigenvalue weighted by Gasteiger charge is 2.46. The zero-order valence-corrected chi connectivity index (χ0v) is 33.1. The standard InChI is InChI=1S/C10H18N2O2.C9H17NO2.C9H17NO.C9H19N/c1-6-7(8(13)12(6)5)11-9(14)10(2,3)4;1-9(2,3)10-6-4-5-7(10)8(11)12;1-6-7(2)10(8(6)11)9(3,4)5;1-8-6-5-7-10(8)9(2,3)4/h6-7H,1-5H3,(H,11,14);7H,4-6H2,1-3H3,(H,11,12);6-7H,1-5H3;8H,5-7H2,1-4H3. The number of nitrogens with one attached hydrogen (secondary N) is 1. The second kappa shape index (κ2) is 16.0. The molecule has 4 heterocycles. The smallest absolute Gasteiger partial charge is 0.320 e. The summed E-state index contributed by atoms with van der Waals surface area (Å²) >= 11 is 0. The van der Waals surface area contributed by atoms with Gasteiger partial charge in [-0.25, -0.2) is 0 Å². The highest BCUT2D eigenvalue weighted by atomic mass is 16.4. The Morgan fingerprint density at radius 1 is 0.702 bits per heavy atom. The van der Waals surface area contributed by atoms with Gasteiger partial charge in [-0.1, -0.05) is 27.7 Å². The van der Waals surface area contributed by atoms with Gasteiger partial charge in [0.05, 0.1) is 12.0 Å². The third-order valence-electron chi connectivity index (χ3n) is 9.97. The summed E-state index contributed by atoms with van der Waals surface area (Å²) in [6, 6.07) is 0.744. The Balaban J connectivity index is 0.000000316. The maximum absolute atomic E-state index is 11.6. The average Bonchev–Trinajstić information content (AvgIpc) is 3.60. The van der Waals surface area contributed by atoms with Crippen LogP contribution < -0.4 is 5.32 Å². The van der Waals surface area contributed by atoms with E-state index in [0.29, 0.717) is 17.5 Å². The number of rotatable bonds is 2. The summed E-state index contributed by atoms with van der Waals surface area (Å²) in [5.74, 6) is -0.229. The van der Waals surface area contributed by atoms with Crippen LogP contribution >= 0.6 is 0 Å². The minimum Gasteiger partial charge on any atom is -0.480 e. The number of aliphatic carboxylic acids is 1. The largest absolute Gasteiger partial charge is 0.480 e. The minimum absolute atomic E-state index is 0.00299. The van der Waals surface area contributed by atoms with Crippen molar-refractivity contribution in [3.8, 4) is 0 Å². The molecule has 4 fully saturated rings. The molecular formula is C37H71N5O5. The van der Waals surface area contributed by atoms with E-state index < -0.39 is 11.4 Å². The lowest BCUT2D eigenvalue weighted by molar-refractivity contribution is -0.162. The summed E-state index contributed by atoms with van der Waals surface area (Å²) < 4.78 is 0. The average molecular weight is 666 g/mol. The van der Waals surface area contributed by atoms with Crippen molar-refractivity contribution in [2.45, 2.75) is 183 Å². The first-order valence-corrected chi connectivity index (χ1v) is 17.7. The van der Waals surface area contributed by atoms with E-state index in [1.807, 2.05) is 39.5 Å². The van der Waals surface area contributed by atoms with Gasteiger partial charge in [-0.15, -0.1) is 0 Å². The number of hydrogen-bond donors (Lipinski definition) is 2. The second-order valence-electron chi connectivity index (χ2n) is 18.0. The molecule has 6 atom stereocenters. The van der Waals surface area contributed by atoms with Crippen molar-refractivity contribution in [2.24, 2.45) is 11.3 Å². The molecule has 0 aromatic carbocycles. The summed E-state index contributed by atoms with van der Waals surface area (Å²) in [4.78, 5) is 53.3. The number of amides is 3. The minimum atomic E-state index is -0.678. The number of carbonyl (C=O) groups is 4. The first kappa shape index (κ1) is 42.8. The van der Waals surface area contributed by atoms with Crippen LogP contribution in [0.25, 0.3) is 0 Å². The lowest BCUT2D eigenvalue weighted by Gasteiger charge is -2.51. The van der Waals surface area contributed by atoms with Gasteiger partial charge in [0.15, 0.2) is 0 Å². The van der Waals surface area contributed by atoms with Gasteiger partial charge in [-0.2, -0.15) is 0 Å². The SMILES string of the molecule is CC(C)(C)N1CCCC1C(=O)O.CC1C(=O)N(C(C)(C)C)C1C.CC1C(NC(=O)C(C)(C)C)C(=O)N1C.CC1CCCN1C(C)(C)C. The predicted molar refractivity (Wildman–Crippen MR) is 191 cm³/mol. The molecule has 6 unspecified atom stereocenters. The van der Waals surface area contributed by atoms with E-state index in [1.165, 1.54) is 19.4 Å². The van der Waals surface area contributed by atoms with E-state index >= 15 is 0 Å². The predicted octanol–water partition coefficient (Wildman–Crippen LogP) is 5.63. The molecule has 4 saturated heterocycles. The first-order valence-electron chi connectivity index (χ1n) is 17.7. The van der Waals surface area contributed by atoms with Crippen molar-refractivity contribution in [1.82, 2.24) is 24.9 Å². The molecule has 274 valence electrons. The molecule has 4 aliphatic rings. The quantitative estimate of drug-likeness (QED) is 0.368. The number of β-lactam (4-membered cyclic amide) rings is 2. The number of likely N-dealkylation sites (tertiary alicyclic amines) is 4. The van der Waals surface area contributed by atoms with E-state index in [2.05, 4.69) is 91.3 Å². The fraction of sp³-hybridized carbons (Fsp3) is 0.892. The molecular weight excluding hydrogens is 594 g/mol. The van der Waals surface area contributed by atoms with Gasteiger partial charge >= 0.3 is 5.97 Å². The summed E-state index contributed by atoms with van der Waals surface area (Å²) in [5, 5.41) is 11.7. The normalized spacial score (nSPS) is 28.5. The number of carboxylic acid groups (broad SMARTS) is 1. The Morgan fingerprint density at radius 2 is 1.17 bits per heavy atom. The third kappa shape index (κ3) is 11.4. The second-order valence-corrected chi connectivity index (χ2v) is 18.0. The molecule has 0 aromatic heterocycles. The topological polar surface area (TPSA) is 114 Å². The third-order valence-corrected chi connectivity index (χ3v) is 9.97. The summed E-state index contributed by atoms with van der Waals surface area (Å²) in [6.07, 6.45) is 4.58. The maximum Gasteiger partial charge on any atom is 0.320 e. The molecule has 10 heteroatoms. The zero-order chi connectivity index (χ0) is 37.0. The highest BCUT2D eigenvalue weighted by Crippen LogP contribution is 2.33. The fourth-order valence-corrected chi connectivity index (χ4v) is 6.77. The van der Waals surface area contributed by atoms with Crippen molar-refractivity contribution in [3.63, 3.8) is 0 Å². The number of likely N-dealkylation sites (N-methyl/N-ethyl adjacent to an activating group) is 1. The Hall–Kier alpha value is -2.20. The molecule has 0 spiro atoms. The van der Waals surface area contributed by atoms with Crippen molar-refractivity contribution in [1.29, 1.82) is 0 Å². The van der Waals surface area contributed by atoms with Crippen LogP contribution in [0.1, 0.15) is 136 Å². The van der Waals surface area contributed by atoms with Gasteiger partial charge in [0.25, 0.3) is 0 Å². The van der Waals surface area contributed by atoms with Crippen LogP contribution in [0.5, 0.6) is 0 Å². The molecule has 2 N–H and O–H groups in total. The van der Waals surface area contributed by atoms with E-state index in [-0.39, 0.29) is 46.9 Å². The Labute approximate surface area is 287 Å². The van der Waals surface area contributed by atoms with Gasteiger partial charge < -0.3 is 20.2 Å². The number of carboxylic acids is 1. The highest BCUT2D eigenvalue weighted by molar-refractivity contribution is 5.94. The van der Waals surface area contributed by atoms with Crippen molar-refractivity contribution >= 4 is 23.7 Å². The van der Waals surface area contributed by atoms with Crippen molar-refractivity contribution in [3.05, 3.63) is 0 Å². The molecule has 0 radical (unpaired) electrons. The van der Waals surface area contributed by atoms with Gasteiger partial charge in [0.1, 0.15) is 12.1 Å². The molecule has 47 heavy (non-hydrogen) atoms. The van der Waals surface area contributed by atoms with E-state index in [4.69, 9.17) is 5.11 Å². The van der Waals surface area contributed by atoms with Crippen LogP contribution in [-0.2, 0) is 19.2 Å². The monoisotopic (exact) mass is 666 g/mol. The molecule has 0 aliphatic carbocycles. The number of nitrogens with zero attached hydrogens (tertiary/aromatic N) is 4. The van der Waals surface area contributed by atoms with Crippen molar-refractivity contribution in [2.75, 3.05) is 20.1 Å². The van der Waals surface area contributed by atoms with Crippen LogP contribution in [0.3, 0.4) is 0 Å². The van der Waals surface area contributed by atoms with E-state index in [1.54, 1.807) is 11.9 Å². The zero-order valence-electron chi connectivity index (χ0n) is 33.1. The van der Waals surface area contributed by atoms with E-state index in [9.17, 15) is 19.2 Å². The van der Waals surface area contributed by atoms with Gasteiger partial charge in [0.2, 0.25) is 17.7 Å². The van der Waals surface area contributed by atoms with Crippen LogP contribution in [0.2, 0.25) is 0 Å². The molecule has 10 nitrogen and oxygen atoms in total. The fourth-order valence-electron chi connectivity index (χ4n) is 6.77. The molecule has 0 saturated carbocycles. The lowest BCUT2D eigenvalue weighted by atomic mass is 9.85. The lowest BCUT2D eigenvalue weighted by Crippen LogP contribution is -2.68. The number of hydrogen-bond acceptors (Lipinski definition) is 6. The summed E-state index contributed by atoms with van der Waals surface area (Å²) in [6.45, 7) is 35.4. The van der Waals surface area contributed by atoms with Gasteiger partial charge in [0, 0.05) is 41.2 Å². The van der Waals surface area contributed by atoms with Gasteiger partial charge in [-0.05, 0) is 122 Å². The van der Waals surface area contributed by atoms with Gasteiger partial charge in [-0.3, -0.25) is 29.0 Å². The molecule has 0 aromatic rings. The van der Waals surface area contributed by atoms with Crippen LogP contribution in [-0.4, -0.2) is 115 Å². The van der Waals surface area contributed by atoms with Crippen molar-refractivity contribution < 1.29 is 24.3 Å². The number of carbonyl (C=O) groups excluding carboxylic acids is 3. The molecule has 0 bridgehead atoms. The van der Waals surface area contributed by atoms with Crippen LogP contribution in [0.15, 0.2) is 0 Å². The van der Waals surface area contributed by atoms with E-state index in [0.717, 1.165) is 25.4 Å². The maximum atomic E-state index is 11.6. The summed E-state index contributed by atoms with van der Waals surface area (Å²) in [7, 11) is 1.74.